The van der Waals surface area contributed by atoms with Gasteiger partial charge in [-0.3, -0.25) is 4.79 Å². The summed E-state index contributed by atoms with van der Waals surface area (Å²) in [5.41, 5.74) is 4.03. The highest BCUT2D eigenvalue weighted by atomic mass is 16.4. The van der Waals surface area contributed by atoms with Crippen LogP contribution in [0.15, 0.2) is 0 Å². The Morgan fingerprint density at radius 2 is 1.40 bits per heavy atom. The predicted octanol–water partition coefficient (Wildman–Crippen LogP) is 0.350. The fraction of sp³-hybridized carbons (Fsp3) is 0.600. The predicted molar refractivity (Wildman–Crippen MR) is 34.7 cm³/mol. The number of carbonyl (C=O) groups is 2. The number of hydrogen-bond donors (Lipinski definition) is 3. The van der Waals surface area contributed by atoms with E-state index in [4.69, 9.17) is 15.0 Å². The Kier molecular flexibility index (Phi) is 6.76. The average molecular weight is 149 g/mol. The number of rotatable bonds is 1. The zero-order valence-corrected chi connectivity index (χ0v) is 5.87. The summed E-state index contributed by atoms with van der Waals surface area (Å²) in [6.07, 6.45) is -1.33. The van der Waals surface area contributed by atoms with E-state index in [2.05, 4.69) is 5.73 Å². The van der Waals surface area contributed by atoms with Gasteiger partial charge >= 0.3 is 12.1 Å². The topological polar surface area (TPSA) is 101 Å². The van der Waals surface area contributed by atoms with Gasteiger partial charge in [0.1, 0.15) is 0 Å². The number of amides is 1. The molecule has 1 amide bonds. The van der Waals surface area contributed by atoms with Crippen LogP contribution in [0, 0.1) is 5.92 Å². The van der Waals surface area contributed by atoms with Gasteiger partial charge in [-0.05, 0) is 0 Å². The van der Waals surface area contributed by atoms with Crippen LogP contribution >= 0.6 is 0 Å². The second-order valence-electron chi connectivity index (χ2n) is 1.83. The van der Waals surface area contributed by atoms with Crippen molar-refractivity contribution in [1.29, 1.82) is 0 Å². The van der Waals surface area contributed by atoms with Gasteiger partial charge in [0.15, 0.2) is 0 Å². The maximum atomic E-state index is 9.70. The molecule has 0 bridgehead atoms. The highest BCUT2D eigenvalue weighted by Crippen LogP contribution is 1.87. The quantitative estimate of drug-likeness (QED) is 0.500. The Hall–Kier alpha value is -1.26. The summed E-state index contributed by atoms with van der Waals surface area (Å²) in [4.78, 5) is 18.5. The summed E-state index contributed by atoms with van der Waals surface area (Å²) in [6, 6.07) is 0. The molecule has 0 fully saturated rings. The molecule has 5 nitrogen and oxygen atoms in total. The zero-order chi connectivity index (χ0) is 8.73. The van der Waals surface area contributed by atoms with Crippen molar-refractivity contribution in [2.75, 3.05) is 0 Å². The molecule has 0 saturated heterocycles. The highest BCUT2D eigenvalue weighted by molar-refractivity contribution is 5.68. The largest absolute Gasteiger partial charge is 0.481 e. The molecule has 5 heteroatoms. The minimum absolute atomic E-state index is 0.231. The Balaban J connectivity index is 0. The van der Waals surface area contributed by atoms with Crippen LogP contribution < -0.4 is 5.73 Å². The van der Waals surface area contributed by atoms with Crippen LogP contribution in [-0.2, 0) is 4.79 Å². The molecule has 0 heterocycles. The Labute approximate surface area is 58.5 Å². The lowest BCUT2D eigenvalue weighted by Crippen LogP contribution is -2.03. The zero-order valence-electron chi connectivity index (χ0n) is 5.87. The molecule has 60 valence electrons. The fourth-order valence-corrected chi connectivity index (χ4v) is 0. The van der Waals surface area contributed by atoms with Crippen molar-refractivity contribution in [2.45, 2.75) is 13.8 Å². The lowest BCUT2D eigenvalue weighted by Gasteiger charge is -1.89. The van der Waals surface area contributed by atoms with Crippen LogP contribution in [0.1, 0.15) is 13.8 Å². The van der Waals surface area contributed by atoms with Gasteiger partial charge < -0.3 is 15.9 Å². The molecule has 0 aromatic heterocycles. The van der Waals surface area contributed by atoms with E-state index in [0.29, 0.717) is 0 Å². The van der Waals surface area contributed by atoms with Gasteiger partial charge in [-0.1, -0.05) is 13.8 Å². The van der Waals surface area contributed by atoms with Crippen LogP contribution in [0.5, 0.6) is 0 Å². The summed E-state index contributed by atoms with van der Waals surface area (Å²) in [7, 11) is 0. The molecule has 0 unspecified atom stereocenters. The molecule has 0 aromatic carbocycles. The van der Waals surface area contributed by atoms with Gasteiger partial charge in [-0.2, -0.15) is 0 Å². The number of hydrogen-bond acceptors (Lipinski definition) is 2. The Morgan fingerprint density at radius 3 is 1.40 bits per heavy atom. The molecule has 0 saturated carbocycles. The molecule has 4 N–H and O–H groups in total. The number of nitrogens with two attached hydrogens (primary N) is 1. The fourth-order valence-electron chi connectivity index (χ4n) is 0. The second kappa shape index (κ2) is 5.87. The van der Waals surface area contributed by atoms with Crippen LogP contribution in [0.2, 0.25) is 0 Å². The SMILES string of the molecule is CC(C)C(=O)O.NC(=O)O. The standard InChI is InChI=1S/C4H8O2.CH3NO2/c1-3(2)4(5)6;2-1(3)4/h3H,1-2H3,(H,5,6);2H2,(H,3,4). The molecule has 0 aliphatic carbocycles. The Morgan fingerprint density at radius 1 is 1.30 bits per heavy atom. The normalized spacial score (nSPS) is 7.90. The summed E-state index contributed by atoms with van der Waals surface area (Å²) < 4.78 is 0. The molecule has 0 radical (unpaired) electrons. The third-order valence-electron chi connectivity index (χ3n) is 0.494. The van der Waals surface area contributed by atoms with E-state index in [9.17, 15) is 4.79 Å². The molecule has 10 heavy (non-hydrogen) atoms. The summed E-state index contributed by atoms with van der Waals surface area (Å²) >= 11 is 0. The number of primary amides is 1. The third kappa shape index (κ3) is 29.6. The molecule has 0 aromatic rings. The second-order valence-corrected chi connectivity index (χ2v) is 1.83. The minimum atomic E-state index is -1.33. The van der Waals surface area contributed by atoms with E-state index in [1.165, 1.54) is 0 Å². The maximum Gasteiger partial charge on any atom is 0.402 e. The first-order valence-electron chi connectivity index (χ1n) is 2.59. The van der Waals surface area contributed by atoms with Crippen molar-refractivity contribution >= 4 is 12.1 Å². The first-order chi connectivity index (χ1) is 4.37. The first-order valence-corrected chi connectivity index (χ1v) is 2.59. The molecule has 0 rings (SSSR count). The summed E-state index contributed by atoms with van der Waals surface area (Å²) in [5, 5.41) is 15.2. The van der Waals surface area contributed by atoms with Gasteiger partial charge in [0.25, 0.3) is 0 Å². The van der Waals surface area contributed by atoms with Crippen LogP contribution in [0.25, 0.3) is 0 Å². The number of carboxylic acid groups (broad SMARTS) is 2. The van der Waals surface area contributed by atoms with Crippen molar-refractivity contribution < 1.29 is 19.8 Å². The number of aliphatic carboxylic acids is 1. The molecule has 0 spiro atoms. The van der Waals surface area contributed by atoms with Crippen molar-refractivity contribution in [2.24, 2.45) is 11.7 Å². The third-order valence-corrected chi connectivity index (χ3v) is 0.494. The average Bonchev–Trinajstić information content (AvgIpc) is 1.63. The van der Waals surface area contributed by atoms with E-state index in [0.717, 1.165) is 0 Å². The van der Waals surface area contributed by atoms with Gasteiger partial charge in [-0.15, -0.1) is 0 Å². The van der Waals surface area contributed by atoms with Crippen molar-refractivity contribution in [3.8, 4) is 0 Å². The van der Waals surface area contributed by atoms with Crippen LogP contribution in [0.4, 0.5) is 4.79 Å². The molecule has 0 aliphatic heterocycles. The Bertz CT molecular complexity index is 117. The van der Waals surface area contributed by atoms with Crippen molar-refractivity contribution in [3.05, 3.63) is 0 Å². The lowest BCUT2D eigenvalue weighted by molar-refractivity contribution is -0.140. The molecular weight excluding hydrogens is 138 g/mol. The van der Waals surface area contributed by atoms with Crippen LogP contribution in [0.3, 0.4) is 0 Å². The van der Waals surface area contributed by atoms with Gasteiger partial charge in [0, 0.05) is 0 Å². The summed E-state index contributed by atoms with van der Waals surface area (Å²) in [6.45, 7) is 3.28. The van der Waals surface area contributed by atoms with E-state index in [-0.39, 0.29) is 5.92 Å². The number of carboxylic acids is 1. The van der Waals surface area contributed by atoms with Gasteiger partial charge in [0.05, 0.1) is 5.92 Å². The van der Waals surface area contributed by atoms with Crippen LogP contribution in [-0.4, -0.2) is 22.3 Å². The van der Waals surface area contributed by atoms with E-state index < -0.39 is 12.1 Å². The van der Waals surface area contributed by atoms with Gasteiger partial charge in [-0.25, -0.2) is 4.79 Å². The van der Waals surface area contributed by atoms with E-state index >= 15 is 0 Å². The van der Waals surface area contributed by atoms with E-state index in [1.54, 1.807) is 13.8 Å². The maximum absolute atomic E-state index is 9.70. The van der Waals surface area contributed by atoms with Gasteiger partial charge in [0.2, 0.25) is 0 Å². The first kappa shape index (κ1) is 11.5. The molecule has 0 atom stereocenters. The molecular formula is C5H11NO4. The van der Waals surface area contributed by atoms with E-state index in [1.807, 2.05) is 0 Å². The molecule has 0 aliphatic rings. The lowest BCUT2D eigenvalue weighted by atomic mass is 10.2. The minimum Gasteiger partial charge on any atom is -0.481 e. The van der Waals surface area contributed by atoms with Crippen molar-refractivity contribution in [1.82, 2.24) is 0 Å². The summed E-state index contributed by atoms with van der Waals surface area (Å²) in [5.74, 6) is -0.972. The van der Waals surface area contributed by atoms with Crippen molar-refractivity contribution in [3.63, 3.8) is 0 Å². The smallest absolute Gasteiger partial charge is 0.402 e. The highest BCUT2D eigenvalue weighted by Gasteiger charge is 1.99. The monoisotopic (exact) mass is 149 g/mol.